The van der Waals surface area contributed by atoms with Crippen LogP contribution in [-0.4, -0.2) is 54.2 Å². The number of fused-ring (bicyclic) bond motifs is 1. The van der Waals surface area contributed by atoms with Crippen LogP contribution in [0.5, 0.6) is 0 Å². The van der Waals surface area contributed by atoms with Crippen molar-refractivity contribution in [3.05, 3.63) is 89.2 Å². The molecule has 0 saturated heterocycles. The Morgan fingerprint density at radius 2 is 1.82 bits per heavy atom. The van der Waals surface area contributed by atoms with Gasteiger partial charge in [-0.15, -0.1) is 0 Å². The highest BCUT2D eigenvalue weighted by molar-refractivity contribution is 6.00. The quantitative estimate of drug-likeness (QED) is 0.227. The molecule has 4 amide bonds. The number of aliphatic hydroxyl groups is 1. The van der Waals surface area contributed by atoms with E-state index in [0.717, 1.165) is 22.3 Å². The van der Waals surface area contributed by atoms with Gasteiger partial charge >= 0.3 is 6.03 Å². The summed E-state index contributed by atoms with van der Waals surface area (Å²) >= 11 is 0. The van der Waals surface area contributed by atoms with Crippen molar-refractivity contribution in [3.8, 4) is 11.1 Å². The van der Waals surface area contributed by atoms with Crippen molar-refractivity contribution in [2.75, 3.05) is 18.5 Å². The Morgan fingerprint density at radius 1 is 1.09 bits per heavy atom. The Labute approximate surface area is 258 Å². The Morgan fingerprint density at radius 3 is 2.52 bits per heavy atom. The first kappa shape index (κ1) is 32.6. The van der Waals surface area contributed by atoms with Gasteiger partial charge in [0.2, 0.25) is 11.8 Å². The Bertz CT molecular complexity index is 1470. The van der Waals surface area contributed by atoms with E-state index in [1.165, 1.54) is 12.1 Å². The van der Waals surface area contributed by atoms with E-state index >= 15 is 0 Å². The van der Waals surface area contributed by atoms with Crippen LogP contribution in [0.15, 0.2) is 66.7 Å². The lowest BCUT2D eigenvalue weighted by Gasteiger charge is -2.29. The fraction of sp³-hybridized carbons (Fsp3) is 0.382. The lowest BCUT2D eigenvalue weighted by Crippen LogP contribution is -2.51. The third-order valence-corrected chi connectivity index (χ3v) is 7.70. The van der Waals surface area contributed by atoms with E-state index in [9.17, 15) is 23.9 Å². The fourth-order valence-electron chi connectivity index (χ4n) is 5.37. The number of benzene rings is 3. The van der Waals surface area contributed by atoms with Crippen molar-refractivity contribution in [3.63, 3.8) is 0 Å². The van der Waals surface area contributed by atoms with Crippen LogP contribution >= 0.6 is 0 Å². The number of aliphatic hydroxyl groups excluding tert-OH is 1. The predicted octanol–water partition coefficient (Wildman–Crippen LogP) is 4.03. The summed E-state index contributed by atoms with van der Waals surface area (Å²) in [5.74, 6) is -0.913. The van der Waals surface area contributed by atoms with E-state index in [4.69, 9.17) is 0 Å². The van der Waals surface area contributed by atoms with Gasteiger partial charge in [0.15, 0.2) is 0 Å². The number of carbonyl (C=O) groups is 3. The third-order valence-electron chi connectivity index (χ3n) is 7.70. The van der Waals surface area contributed by atoms with Crippen LogP contribution < -0.4 is 26.2 Å². The van der Waals surface area contributed by atoms with E-state index in [0.29, 0.717) is 37.2 Å². The zero-order valence-corrected chi connectivity index (χ0v) is 25.7. The average Bonchev–Trinajstić information content (AvgIpc) is 3.11. The second-order valence-corrected chi connectivity index (χ2v) is 11.9. The molecule has 0 aliphatic carbocycles. The average molecular weight is 604 g/mol. The van der Waals surface area contributed by atoms with Gasteiger partial charge in [-0.3, -0.25) is 9.59 Å². The van der Waals surface area contributed by atoms with E-state index in [1.54, 1.807) is 24.9 Å². The van der Waals surface area contributed by atoms with E-state index < -0.39 is 17.7 Å². The number of hydrogen-bond acceptors (Lipinski definition) is 5. The molecule has 1 aliphatic heterocycles. The molecule has 3 aromatic rings. The first-order valence-corrected chi connectivity index (χ1v) is 14.9. The van der Waals surface area contributed by atoms with Gasteiger partial charge in [0, 0.05) is 37.8 Å². The van der Waals surface area contributed by atoms with Gasteiger partial charge in [0.25, 0.3) is 0 Å². The normalized spacial score (nSPS) is 15.6. The second-order valence-electron chi connectivity index (χ2n) is 11.9. The van der Waals surface area contributed by atoms with Gasteiger partial charge in [0.05, 0.1) is 12.6 Å². The topological polar surface area (TPSA) is 123 Å². The molecule has 2 atom stereocenters. The summed E-state index contributed by atoms with van der Waals surface area (Å²) < 4.78 is 14.2. The summed E-state index contributed by atoms with van der Waals surface area (Å²) in [4.78, 5) is 40.3. The number of aryl methyl sites for hydroxylation is 1. The first-order chi connectivity index (χ1) is 21.0. The number of nitrogens with one attached hydrogen (secondary N) is 4. The van der Waals surface area contributed by atoms with E-state index in [-0.39, 0.29) is 36.6 Å². The van der Waals surface area contributed by atoms with Gasteiger partial charge in [-0.1, -0.05) is 48.5 Å². The summed E-state index contributed by atoms with van der Waals surface area (Å²) in [5.41, 5.74) is 4.53. The van der Waals surface area contributed by atoms with Crippen LogP contribution in [0, 0.1) is 5.82 Å². The van der Waals surface area contributed by atoms with Crippen LogP contribution in [0.25, 0.3) is 11.1 Å². The summed E-state index contributed by atoms with van der Waals surface area (Å²) in [5, 5.41) is 21.1. The molecular formula is C34H42FN5O4. The minimum absolute atomic E-state index is 0.118. The van der Waals surface area contributed by atoms with Gasteiger partial charge < -0.3 is 31.3 Å². The number of anilines is 1. The molecule has 0 radical (unpaired) electrons. The highest BCUT2D eigenvalue weighted by atomic mass is 19.1. The van der Waals surface area contributed by atoms with Crippen molar-refractivity contribution in [1.82, 2.24) is 21.3 Å². The lowest BCUT2D eigenvalue weighted by molar-refractivity contribution is -0.128. The number of carbonyl (C=O) groups excluding carboxylic acids is 3. The molecule has 1 heterocycles. The largest absolute Gasteiger partial charge is 0.392 e. The molecule has 5 N–H and O–H groups in total. The number of urea groups is 1. The monoisotopic (exact) mass is 603 g/mol. The molecule has 0 aromatic heterocycles. The molecular weight excluding hydrogens is 561 g/mol. The van der Waals surface area contributed by atoms with Gasteiger partial charge in [-0.25, -0.2) is 9.18 Å². The summed E-state index contributed by atoms with van der Waals surface area (Å²) in [7, 11) is 1.57. The maximum absolute atomic E-state index is 14.2. The highest BCUT2D eigenvalue weighted by Crippen LogP contribution is 2.31. The molecule has 0 spiro atoms. The second kappa shape index (κ2) is 14.5. The van der Waals surface area contributed by atoms with Gasteiger partial charge in [-0.05, 0) is 79.6 Å². The van der Waals surface area contributed by atoms with Crippen molar-refractivity contribution < 1.29 is 23.9 Å². The van der Waals surface area contributed by atoms with Gasteiger partial charge in [0.1, 0.15) is 11.9 Å². The number of halogens is 1. The molecule has 1 aliphatic rings. The maximum atomic E-state index is 14.2. The van der Waals surface area contributed by atoms with Crippen LogP contribution in [0.4, 0.5) is 14.9 Å². The molecule has 10 heteroatoms. The minimum Gasteiger partial charge on any atom is -0.392 e. The van der Waals surface area contributed by atoms with Crippen molar-refractivity contribution in [2.45, 2.75) is 70.8 Å². The van der Waals surface area contributed by atoms with Gasteiger partial charge in [-0.2, -0.15) is 0 Å². The standard InChI is InChI=1S/C34H42FN5O4/c1-22(41)19-38-34(2,3)18-31(42)39-29-15-13-25-17-27(35)14-16-30(25)40(32(29)43)21-23-9-11-24(12-10-23)28-8-6-5-7-26(28)20-37-33(44)36-4/h5-12,14,16-17,22,29,38,41H,13,15,18-21H2,1-4H3,(H,39,42)(H2,36,37,44)/t22-,29-/m1/s1. The number of β-amino-alcohol motifs (C(OH)–C–C–N with tert-alkyl or cyclic N) is 1. The molecule has 0 saturated carbocycles. The molecule has 0 bridgehead atoms. The Balaban J connectivity index is 1.53. The zero-order chi connectivity index (χ0) is 31.9. The minimum atomic E-state index is -0.774. The summed E-state index contributed by atoms with van der Waals surface area (Å²) in [6.07, 6.45) is 0.345. The van der Waals surface area contributed by atoms with Crippen LogP contribution in [0.3, 0.4) is 0 Å². The first-order valence-electron chi connectivity index (χ1n) is 14.9. The van der Waals surface area contributed by atoms with E-state index in [1.807, 2.05) is 62.4 Å². The Kier molecular flexibility index (Phi) is 10.7. The van der Waals surface area contributed by atoms with Crippen LogP contribution in [0.1, 0.15) is 50.3 Å². The van der Waals surface area contributed by atoms with Crippen molar-refractivity contribution >= 4 is 23.5 Å². The molecule has 234 valence electrons. The van der Waals surface area contributed by atoms with Crippen LogP contribution in [-0.2, 0) is 29.1 Å². The highest BCUT2D eigenvalue weighted by Gasteiger charge is 2.33. The number of hydrogen-bond donors (Lipinski definition) is 5. The lowest BCUT2D eigenvalue weighted by atomic mass is 9.98. The zero-order valence-electron chi connectivity index (χ0n) is 25.7. The smallest absolute Gasteiger partial charge is 0.314 e. The fourth-order valence-corrected chi connectivity index (χ4v) is 5.37. The summed E-state index contributed by atoms with van der Waals surface area (Å²) in [6, 6.07) is 19.1. The maximum Gasteiger partial charge on any atom is 0.314 e. The molecule has 9 nitrogen and oxygen atoms in total. The Hall–Kier alpha value is -4.28. The van der Waals surface area contributed by atoms with Crippen LogP contribution in [0.2, 0.25) is 0 Å². The molecule has 4 rings (SSSR count). The number of rotatable bonds is 11. The SMILES string of the molecule is CNC(=O)NCc1ccccc1-c1ccc(CN2C(=O)[C@H](NC(=O)CC(C)(C)NC[C@@H](C)O)CCc3cc(F)ccc32)cc1. The molecule has 3 aromatic carbocycles. The van der Waals surface area contributed by atoms with Crippen molar-refractivity contribution in [2.24, 2.45) is 0 Å². The molecule has 44 heavy (non-hydrogen) atoms. The van der Waals surface area contributed by atoms with E-state index in [2.05, 4.69) is 21.3 Å². The summed E-state index contributed by atoms with van der Waals surface area (Å²) in [6.45, 7) is 6.36. The molecule has 0 fully saturated rings. The number of amides is 4. The number of nitrogens with zero attached hydrogens (tertiary/aromatic N) is 1. The van der Waals surface area contributed by atoms with Crippen molar-refractivity contribution in [1.29, 1.82) is 0 Å². The predicted molar refractivity (Wildman–Crippen MR) is 169 cm³/mol. The molecule has 0 unspecified atom stereocenters. The third kappa shape index (κ3) is 8.64.